The number of pyridine rings is 1. The molecule has 1 aliphatic heterocycles. The molecule has 0 N–H and O–H groups in total. The first-order valence-electron chi connectivity index (χ1n) is 6.95. The quantitative estimate of drug-likeness (QED) is 0.767. The van der Waals surface area contributed by atoms with Gasteiger partial charge in [0.25, 0.3) is 5.91 Å². The summed E-state index contributed by atoms with van der Waals surface area (Å²) in [4.78, 5) is 30.4. The first-order valence-corrected chi connectivity index (χ1v) is 6.95. The van der Waals surface area contributed by atoms with Gasteiger partial charge in [0, 0.05) is 25.5 Å². The highest BCUT2D eigenvalue weighted by Gasteiger charge is 2.56. The molecule has 0 unspecified atom stereocenters. The number of amides is 1. The Hall–Kier alpha value is -1.91. The van der Waals surface area contributed by atoms with Crippen molar-refractivity contribution in [3.63, 3.8) is 0 Å². The lowest BCUT2D eigenvalue weighted by Gasteiger charge is -2.25. The number of carbonyl (C=O) groups excluding carboxylic acids is 2. The Morgan fingerprint density at radius 3 is 3.05 bits per heavy atom. The van der Waals surface area contributed by atoms with Crippen molar-refractivity contribution in [2.75, 3.05) is 20.2 Å². The minimum Gasteiger partial charge on any atom is -0.469 e. The van der Waals surface area contributed by atoms with Crippen LogP contribution in [0.25, 0.3) is 0 Å². The van der Waals surface area contributed by atoms with E-state index in [-0.39, 0.29) is 17.8 Å². The molecule has 5 heteroatoms. The normalized spacial score (nSPS) is 28.2. The summed E-state index contributed by atoms with van der Waals surface area (Å²) >= 11 is 0. The minimum absolute atomic E-state index is 0.0456. The molecule has 1 saturated carbocycles. The molecule has 0 radical (unpaired) electrons. The fraction of sp³-hybridized carbons (Fsp3) is 0.533. The van der Waals surface area contributed by atoms with Crippen LogP contribution in [0.2, 0.25) is 0 Å². The van der Waals surface area contributed by atoms with Gasteiger partial charge in [-0.3, -0.25) is 14.6 Å². The minimum atomic E-state index is -0.480. The maximum Gasteiger partial charge on any atom is 0.313 e. The van der Waals surface area contributed by atoms with Crippen molar-refractivity contribution in [1.29, 1.82) is 0 Å². The SMILES string of the molecule is COC(=O)[C@@]12CCC[C@H]1CN(C(=O)c1cccnc1)C2. The molecule has 3 rings (SSSR count). The molecule has 0 bridgehead atoms. The third-order valence-electron chi connectivity index (χ3n) is 4.66. The van der Waals surface area contributed by atoms with Crippen molar-refractivity contribution in [3.05, 3.63) is 30.1 Å². The molecule has 20 heavy (non-hydrogen) atoms. The van der Waals surface area contributed by atoms with E-state index in [1.807, 2.05) is 0 Å². The Balaban J connectivity index is 1.82. The van der Waals surface area contributed by atoms with Crippen LogP contribution in [0.5, 0.6) is 0 Å². The number of likely N-dealkylation sites (tertiary alicyclic amines) is 1. The van der Waals surface area contributed by atoms with Gasteiger partial charge >= 0.3 is 5.97 Å². The molecule has 5 nitrogen and oxygen atoms in total. The number of esters is 1. The van der Waals surface area contributed by atoms with E-state index >= 15 is 0 Å². The fourth-order valence-electron chi connectivity index (χ4n) is 3.65. The van der Waals surface area contributed by atoms with Crippen LogP contribution in [0, 0.1) is 11.3 Å². The number of hydrogen-bond donors (Lipinski definition) is 0. The van der Waals surface area contributed by atoms with Gasteiger partial charge < -0.3 is 9.64 Å². The summed E-state index contributed by atoms with van der Waals surface area (Å²) in [5, 5.41) is 0. The van der Waals surface area contributed by atoms with Crippen LogP contribution >= 0.6 is 0 Å². The summed E-state index contributed by atoms with van der Waals surface area (Å²) < 4.78 is 4.98. The summed E-state index contributed by atoms with van der Waals surface area (Å²) in [6.45, 7) is 1.11. The molecule has 2 heterocycles. The number of aromatic nitrogens is 1. The summed E-state index contributed by atoms with van der Waals surface area (Å²) in [6.07, 6.45) is 6.06. The largest absolute Gasteiger partial charge is 0.469 e. The van der Waals surface area contributed by atoms with Crippen LogP contribution in [0.4, 0.5) is 0 Å². The second kappa shape index (κ2) is 4.89. The van der Waals surface area contributed by atoms with Crippen molar-refractivity contribution in [1.82, 2.24) is 9.88 Å². The maximum atomic E-state index is 12.5. The van der Waals surface area contributed by atoms with Gasteiger partial charge in [0.05, 0.1) is 18.1 Å². The third-order valence-corrected chi connectivity index (χ3v) is 4.66. The Morgan fingerprint density at radius 2 is 2.35 bits per heavy atom. The Labute approximate surface area is 117 Å². The summed E-state index contributed by atoms with van der Waals surface area (Å²) in [6, 6.07) is 3.51. The molecule has 0 aromatic carbocycles. The van der Waals surface area contributed by atoms with Crippen LogP contribution in [0.3, 0.4) is 0 Å². The maximum absolute atomic E-state index is 12.5. The Bertz CT molecular complexity index is 531. The highest BCUT2D eigenvalue weighted by Crippen LogP contribution is 2.49. The van der Waals surface area contributed by atoms with Crippen LogP contribution in [-0.2, 0) is 9.53 Å². The lowest BCUT2D eigenvalue weighted by Crippen LogP contribution is -2.38. The van der Waals surface area contributed by atoms with E-state index in [2.05, 4.69) is 4.98 Å². The van der Waals surface area contributed by atoms with Crippen molar-refractivity contribution in [2.24, 2.45) is 11.3 Å². The van der Waals surface area contributed by atoms with E-state index in [1.54, 1.807) is 29.4 Å². The smallest absolute Gasteiger partial charge is 0.313 e. The summed E-state index contributed by atoms with van der Waals surface area (Å²) in [5.41, 5.74) is 0.0968. The predicted octanol–water partition coefficient (Wildman–Crippen LogP) is 1.50. The number of rotatable bonds is 2. The molecule has 2 fully saturated rings. The van der Waals surface area contributed by atoms with Gasteiger partial charge in [-0.2, -0.15) is 0 Å². The molecular formula is C15H18N2O3. The average molecular weight is 274 g/mol. The van der Waals surface area contributed by atoms with Crippen molar-refractivity contribution in [2.45, 2.75) is 19.3 Å². The number of ether oxygens (including phenoxy) is 1. The van der Waals surface area contributed by atoms with E-state index < -0.39 is 5.41 Å². The predicted molar refractivity (Wildman–Crippen MR) is 71.9 cm³/mol. The summed E-state index contributed by atoms with van der Waals surface area (Å²) in [5.74, 6) is 0.0211. The van der Waals surface area contributed by atoms with Gasteiger partial charge in [-0.15, -0.1) is 0 Å². The van der Waals surface area contributed by atoms with Crippen molar-refractivity contribution in [3.8, 4) is 0 Å². The second-order valence-corrected chi connectivity index (χ2v) is 5.66. The molecule has 1 aromatic heterocycles. The van der Waals surface area contributed by atoms with E-state index in [1.165, 1.54) is 7.11 Å². The molecule has 106 valence electrons. The molecule has 2 atom stereocenters. The zero-order chi connectivity index (χ0) is 14.2. The Morgan fingerprint density at radius 1 is 1.50 bits per heavy atom. The Kier molecular flexibility index (Phi) is 3.20. The zero-order valence-electron chi connectivity index (χ0n) is 11.5. The van der Waals surface area contributed by atoms with E-state index in [9.17, 15) is 9.59 Å². The number of fused-ring (bicyclic) bond motifs is 1. The zero-order valence-corrected chi connectivity index (χ0v) is 11.5. The second-order valence-electron chi connectivity index (χ2n) is 5.66. The van der Waals surface area contributed by atoms with Gasteiger partial charge in [-0.1, -0.05) is 6.42 Å². The molecule has 1 saturated heterocycles. The molecular weight excluding hydrogens is 256 g/mol. The summed E-state index contributed by atoms with van der Waals surface area (Å²) in [7, 11) is 1.43. The number of methoxy groups -OCH3 is 1. The van der Waals surface area contributed by atoms with E-state index in [4.69, 9.17) is 4.74 Å². The molecule has 1 aliphatic carbocycles. The van der Waals surface area contributed by atoms with E-state index in [0.717, 1.165) is 19.3 Å². The third kappa shape index (κ3) is 1.88. The van der Waals surface area contributed by atoms with Gasteiger partial charge in [-0.25, -0.2) is 0 Å². The van der Waals surface area contributed by atoms with Gasteiger partial charge in [-0.05, 0) is 30.9 Å². The van der Waals surface area contributed by atoms with Gasteiger partial charge in [0.2, 0.25) is 0 Å². The lowest BCUT2D eigenvalue weighted by atomic mass is 9.81. The monoisotopic (exact) mass is 274 g/mol. The average Bonchev–Trinajstić information content (AvgIpc) is 3.04. The topological polar surface area (TPSA) is 59.5 Å². The lowest BCUT2D eigenvalue weighted by molar-refractivity contribution is -0.153. The molecule has 1 aromatic rings. The van der Waals surface area contributed by atoms with Crippen molar-refractivity contribution >= 4 is 11.9 Å². The molecule has 0 spiro atoms. The first-order chi connectivity index (χ1) is 9.67. The molecule has 2 aliphatic rings. The fourth-order valence-corrected chi connectivity index (χ4v) is 3.65. The highest BCUT2D eigenvalue weighted by atomic mass is 16.5. The number of hydrogen-bond acceptors (Lipinski definition) is 4. The number of nitrogens with zero attached hydrogens (tertiary/aromatic N) is 2. The standard InChI is InChI=1S/C15H18N2O3/c1-20-14(19)15-6-2-5-12(15)9-17(10-15)13(18)11-4-3-7-16-8-11/h3-4,7-8,12H,2,5-6,9-10H2,1H3/t12-,15+/m0/s1. The van der Waals surface area contributed by atoms with E-state index in [0.29, 0.717) is 18.7 Å². The first kappa shape index (κ1) is 13.1. The highest BCUT2D eigenvalue weighted by molar-refractivity contribution is 5.95. The number of carbonyl (C=O) groups is 2. The van der Waals surface area contributed by atoms with Crippen LogP contribution in [-0.4, -0.2) is 42.0 Å². The van der Waals surface area contributed by atoms with Crippen LogP contribution < -0.4 is 0 Å². The van der Waals surface area contributed by atoms with Crippen LogP contribution in [0.1, 0.15) is 29.6 Å². The van der Waals surface area contributed by atoms with Gasteiger partial charge in [0.15, 0.2) is 0 Å². The van der Waals surface area contributed by atoms with Gasteiger partial charge in [0.1, 0.15) is 0 Å². The van der Waals surface area contributed by atoms with Crippen LogP contribution in [0.15, 0.2) is 24.5 Å². The molecule has 1 amide bonds. The van der Waals surface area contributed by atoms with Crippen molar-refractivity contribution < 1.29 is 14.3 Å².